The molecule has 0 amide bonds. The Balaban J connectivity index is 3.19. The summed E-state index contributed by atoms with van der Waals surface area (Å²) >= 11 is 5.91. The van der Waals surface area contributed by atoms with Gasteiger partial charge < -0.3 is 14.2 Å². The molecule has 0 aliphatic rings. The van der Waals surface area contributed by atoms with Crippen molar-refractivity contribution >= 4 is 23.3 Å². The van der Waals surface area contributed by atoms with Gasteiger partial charge in [0.1, 0.15) is 0 Å². The molecule has 1 aromatic carbocycles. The Morgan fingerprint density at radius 2 is 2.05 bits per heavy atom. The van der Waals surface area contributed by atoms with Crippen molar-refractivity contribution < 1.29 is 23.9 Å². The van der Waals surface area contributed by atoms with Gasteiger partial charge in [0.05, 0.1) is 36.1 Å². The fraction of sp³-hybridized carbons (Fsp3) is 0.417. The molecule has 1 atom stereocenters. The van der Waals surface area contributed by atoms with E-state index in [0.29, 0.717) is 5.56 Å². The first kappa shape index (κ1) is 16.0. The second-order valence-electron chi connectivity index (χ2n) is 3.80. The first-order chi connectivity index (χ1) is 9.40. The number of alkyl halides is 1. The van der Waals surface area contributed by atoms with Gasteiger partial charge >= 0.3 is 5.97 Å². The molecule has 0 saturated heterocycles. The first-order valence-electron chi connectivity index (χ1n) is 5.60. The number of rotatable bonds is 6. The van der Waals surface area contributed by atoms with E-state index in [0.717, 1.165) is 0 Å². The van der Waals surface area contributed by atoms with E-state index in [1.54, 1.807) is 6.92 Å². The van der Waals surface area contributed by atoms with Crippen LogP contribution in [0.3, 0.4) is 0 Å². The van der Waals surface area contributed by atoms with E-state index in [-0.39, 0.29) is 23.8 Å². The van der Waals surface area contributed by atoms with Crippen molar-refractivity contribution in [2.75, 3.05) is 20.8 Å². The van der Waals surface area contributed by atoms with E-state index in [2.05, 4.69) is 4.74 Å². The summed E-state index contributed by atoms with van der Waals surface area (Å²) in [7, 11) is 2.60. The summed E-state index contributed by atoms with van der Waals surface area (Å²) in [6, 6.07) is 2.60. The lowest BCUT2D eigenvalue weighted by molar-refractivity contribution is -0.385. The van der Waals surface area contributed by atoms with Crippen molar-refractivity contribution in [3.05, 3.63) is 27.8 Å². The Bertz CT molecular complexity index is 517. The van der Waals surface area contributed by atoms with Crippen LogP contribution in [0.5, 0.6) is 11.5 Å². The minimum atomic E-state index is -0.607. The van der Waals surface area contributed by atoms with Crippen LogP contribution in [-0.2, 0) is 9.53 Å². The molecule has 0 aliphatic carbocycles. The molecular weight excluding hydrogens is 290 g/mol. The number of nitro groups is 1. The number of ether oxygens (including phenoxy) is 3. The number of methoxy groups -OCH3 is 2. The zero-order valence-electron chi connectivity index (χ0n) is 11.2. The predicted octanol–water partition coefficient (Wildman–Crippen LogP) is 2.46. The van der Waals surface area contributed by atoms with Crippen LogP contribution in [0.4, 0.5) is 5.69 Å². The Morgan fingerprint density at radius 1 is 1.40 bits per heavy atom. The molecule has 0 aromatic heterocycles. The van der Waals surface area contributed by atoms with Crippen LogP contribution in [0, 0.1) is 10.1 Å². The van der Waals surface area contributed by atoms with Gasteiger partial charge in [-0.1, -0.05) is 0 Å². The van der Waals surface area contributed by atoms with Crippen molar-refractivity contribution in [3.8, 4) is 11.5 Å². The van der Waals surface area contributed by atoms with E-state index in [4.69, 9.17) is 21.1 Å². The molecule has 0 spiro atoms. The van der Waals surface area contributed by atoms with Crippen LogP contribution >= 0.6 is 11.6 Å². The van der Waals surface area contributed by atoms with Gasteiger partial charge in [-0.3, -0.25) is 10.1 Å². The molecular formula is C12H14ClNO6. The largest absolute Gasteiger partial charge is 0.493 e. The Kier molecular flexibility index (Phi) is 5.57. The summed E-state index contributed by atoms with van der Waals surface area (Å²) in [4.78, 5) is 21.5. The van der Waals surface area contributed by atoms with Crippen LogP contribution in [0.15, 0.2) is 12.1 Å². The number of hydrogen-bond acceptors (Lipinski definition) is 6. The third-order valence-electron chi connectivity index (χ3n) is 2.51. The quantitative estimate of drug-likeness (QED) is 0.347. The smallest absolute Gasteiger partial charge is 0.343 e. The van der Waals surface area contributed by atoms with E-state index in [1.807, 2.05) is 0 Å². The molecule has 0 aliphatic heterocycles. The topological polar surface area (TPSA) is 87.9 Å². The van der Waals surface area contributed by atoms with Crippen LogP contribution in [0.25, 0.3) is 0 Å². The Hall–Kier alpha value is -2.02. The van der Waals surface area contributed by atoms with E-state index in [9.17, 15) is 14.9 Å². The standard InChI is InChI=1S/C12H14ClNO6/c1-7(13)8-4-10(18-2)11(5-9(8)14(16)17)20-6-12(15)19-3/h4-5,7H,6H2,1-3H3. The minimum Gasteiger partial charge on any atom is -0.493 e. The monoisotopic (exact) mass is 303 g/mol. The average molecular weight is 304 g/mol. The van der Waals surface area contributed by atoms with Gasteiger partial charge in [0.15, 0.2) is 18.1 Å². The van der Waals surface area contributed by atoms with Crippen LogP contribution in [0.2, 0.25) is 0 Å². The molecule has 7 nitrogen and oxygen atoms in total. The fourth-order valence-electron chi connectivity index (χ4n) is 1.51. The molecule has 0 radical (unpaired) electrons. The molecule has 0 bridgehead atoms. The number of nitro benzene ring substituents is 1. The molecule has 110 valence electrons. The fourth-order valence-corrected chi connectivity index (χ4v) is 1.68. The van der Waals surface area contributed by atoms with Crippen molar-refractivity contribution in [1.82, 2.24) is 0 Å². The van der Waals surface area contributed by atoms with Gasteiger partial charge in [0.25, 0.3) is 5.69 Å². The summed E-state index contributed by atoms with van der Waals surface area (Å²) in [6.45, 7) is 1.23. The maximum atomic E-state index is 11.0. The highest BCUT2D eigenvalue weighted by Gasteiger charge is 2.23. The number of benzene rings is 1. The maximum absolute atomic E-state index is 11.0. The summed E-state index contributed by atoms with van der Waals surface area (Å²) in [5, 5.41) is 10.5. The van der Waals surface area contributed by atoms with E-state index in [1.165, 1.54) is 26.4 Å². The number of esters is 1. The molecule has 1 aromatic rings. The second kappa shape index (κ2) is 6.95. The van der Waals surface area contributed by atoms with Crippen molar-refractivity contribution in [2.45, 2.75) is 12.3 Å². The first-order valence-corrected chi connectivity index (χ1v) is 6.04. The van der Waals surface area contributed by atoms with Crippen LogP contribution in [-0.4, -0.2) is 31.7 Å². The maximum Gasteiger partial charge on any atom is 0.343 e. The molecule has 1 unspecified atom stereocenters. The summed E-state index contributed by atoms with van der Waals surface area (Å²) in [5.74, 6) is -0.280. The van der Waals surface area contributed by atoms with Gasteiger partial charge in [-0.15, -0.1) is 11.6 Å². The number of carbonyl (C=O) groups excluding carboxylic acids is 1. The number of hydrogen-bond donors (Lipinski definition) is 0. The highest BCUT2D eigenvalue weighted by atomic mass is 35.5. The van der Waals surface area contributed by atoms with E-state index >= 15 is 0 Å². The normalized spacial score (nSPS) is 11.6. The minimum absolute atomic E-state index is 0.0747. The lowest BCUT2D eigenvalue weighted by Gasteiger charge is -2.13. The zero-order valence-corrected chi connectivity index (χ0v) is 12.0. The third-order valence-corrected chi connectivity index (χ3v) is 2.75. The van der Waals surface area contributed by atoms with Gasteiger partial charge in [-0.25, -0.2) is 4.79 Å². The highest BCUT2D eigenvalue weighted by molar-refractivity contribution is 6.20. The lowest BCUT2D eigenvalue weighted by atomic mass is 10.1. The number of carbonyl (C=O) groups is 1. The Morgan fingerprint density at radius 3 is 2.50 bits per heavy atom. The van der Waals surface area contributed by atoms with E-state index < -0.39 is 16.3 Å². The Labute approximate surface area is 120 Å². The summed E-state index contributed by atoms with van der Waals surface area (Å²) < 4.78 is 14.7. The van der Waals surface area contributed by atoms with Crippen molar-refractivity contribution in [3.63, 3.8) is 0 Å². The van der Waals surface area contributed by atoms with Crippen molar-refractivity contribution in [1.29, 1.82) is 0 Å². The van der Waals surface area contributed by atoms with Gasteiger partial charge in [-0.05, 0) is 13.0 Å². The number of halogens is 1. The highest BCUT2D eigenvalue weighted by Crippen LogP contribution is 2.39. The third kappa shape index (κ3) is 3.74. The van der Waals surface area contributed by atoms with Crippen LogP contribution in [0.1, 0.15) is 17.9 Å². The van der Waals surface area contributed by atoms with Crippen LogP contribution < -0.4 is 9.47 Å². The molecule has 20 heavy (non-hydrogen) atoms. The molecule has 0 fully saturated rings. The van der Waals surface area contributed by atoms with Gasteiger partial charge in [0.2, 0.25) is 0 Å². The number of nitrogens with zero attached hydrogens (tertiary/aromatic N) is 1. The van der Waals surface area contributed by atoms with Gasteiger partial charge in [-0.2, -0.15) is 0 Å². The molecule has 0 heterocycles. The predicted molar refractivity (Wildman–Crippen MR) is 71.4 cm³/mol. The van der Waals surface area contributed by atoms with Gasteiger partial charge in [0, 0.05) is 0 Å². The molecule has 8 heteroatoms. The zero-order chi connectivity index (χ0) is 15.3. The summed E-state index contributed by atoms with van der Waals surface area (Å²) in [5.41, 5.74) is 0.104. The van der Waals surface area contributed by atoms with Crippen molar-refractivity contribution in [2.24, 2.45) is 0 Å². The molecule has 0 N–H and O–H groups in total. The molecule has 0 saturated carbocycles. The summed E-state index contributed by atoms with van der Waals surface area (Å²) in [6.07, 6.45) is 0. The average Bonchev–Trinajstić information content (AvgIpc) is 2.43. The SMILES string of the molecule is COC(=O)COc1cc([N+](=O)[O-])c(C(C)Cl)cc1OC. The lowest BCUT2D eigenvalue weighted by Crippen LogP contribution is -2.13. The second-order valence-corrected chi connectivity index (χ2v) is 4.45. The molecule has 1 rings (SSSR count).